The first kappa shape index (κ1) is 24.0. The number of carbonyl (C=O) groups excluding carboxylic acids is 1. The van der Waals surface area contributed by atoms with Crippen molar-refractivity contribution < 1.29 is 17.6 Å². The van der Waals surface area contributed by atoms with Gasteiger partial charge >= 0.3 is 0 Å². The van der Waals surface area contributed by atoms with E-state index in [2.05, 4.69) is 42.8 Å². The molecule has 0 aliphatic heterocycles. The second-order valence-electron chi connectivity index (χ2n) is 8.90. The average molecular weight is 479 g/mol. The number of amides is 1. The van der Waals surface area contributed by atoms with E-state index in [1.54, 1.807) is 36.4 Å². The minimum absolute atomic E-state index is 0.0350. The van der Waals surface area contributed by atoms with Crippen LogP contribution in [0.25, 0.3) is 6.08 Å². The van der Waals surface area contributed by atoms with Crippen molar-refractivity contribution in [3.8, 4) is 0 Å². The zero-order valence-corrected chi connectivity index (χ0v) is 20.3. The number of benzene rings is 2. The summed E-state index contributed by atoms with van der Waals surface area (Å²) >= 11 is 0. The minimum atomic E-state index is -3.65. The number of carbonyl (C=O) groups is 1. The molecule has 2 aromatic carbocycles. The number of sulfonamides is 1. The van der Waals surface area contributed by atoms with Crippen LogP contribution in [0.15, 0.2) is 82.3 Å². The number of furan rings is 1. The van der Waals surface area contributed by atoms with E-state index in [1.807, 2.05) is 4.90 Å². The fraction of sp³-hybridized carbons (Fsp3) is 0.296. The number of hydrogen-bond donors (Lipinski definition) is 1. The largest absolute Gasteiger partial charge is 0.468 e. The first-order valence-corrected chi connectivity index (χ1v) is 13.0. The van der Waals surface area contributed by atoms with Gasteiger partial charge in [0.05, 0.1) is 17.7 Å². The van der Waals surface area contributed by atoms with Gasteiger partial charge in [0.25, 0.3) is 0 Å². The van der Waals surface area contributed by atoms with Crippen LogP contribution >= 0.6 is 0 Å². The van der Waals surface area contributed by atoms with E-state index < -0.39 is 10.0 Å². The smallest absolute Gasteiger partial charge is 0.247 e. The van der Waals surface area contributed by atoms with E-state index in [4.69, 9.17) is 4.42 Å². The van der Waals surface area contributed by atoms with Crippen LogP contribution in [0.2, 0.25) is 0 Å². The molecule has 0 spiro atoms. The Morgan fingerprint density at radius 2 is 1.79 bits per heavy atom. The number of hydrogen-bond acceptors (Lipinski definition) is 4. The molecule has 0 atom stereocenters. The van der Waals surface area contributed by atoms with Crippen molar-refractivity contribution in [1.29, 1.82) is 0 Å². The van der Waals surface area contributed by atoms with E-state index >= 15 is 0 Å². The van der Waals surface area contributed by atoms with Crippen LogP contribution < -0.4 is 4.72 Å². The molecule has 1 aromatic heterocycles. The molecule has 1 aliphatic rings. The molecule has 7 heteroatoms. The Labute approximate surface area is 201 Å². The molecular weight excluding hydrogens is 448 g/mol. The summed E-state index contributed by atoms with van der Waals surface area (Å²) in [6.45, 7) is 5.01. The van der Waals surface area contributed by atoms with Gasteiger partial charge in [-0.05, 0) is 65.8 Å². The first-order valence-electron chi connectivity index (χ1n) is 11.5. The standard InChI is InChI=1S/C27H30N2O4S/c1-20(2)23-10-5-22(6-11-23)19-29(24-12-13-24)27(30)16-9-21-7-14-26(15-8-21)34(31,32)28-18-25-4-3-17-33-25/h3-11,14-17,20,24,28H,12-13,18-19H2,1-2H3/b16-9+. The second-order valence-corrected chi connectivity index (χ2v) is 10.7. The molecule has 0 radical (unpaired) electrons. The van der Waals surface area contributed by atoms with Crippen molar-refractivity contribution in [3.63, 3.8) is 0 Å². The third-order valence-electron chi connectivity index (χ3n) is 5.90. The summed E-state index contributed by atoms with van der Waals surface area (Å²) in [7, 11) is -3.65. The molecule has 1 fully saturated rings. The molecule has 1 aliphatic carbocycles. The highest BCUT2D eigenvalue weighted by molar-refractivity contribution is 7.89. The molecule has 6 nitrogen and oxygen atoms in total. The Kier molecular flexibility index (Phi) is 7.34. The highest BCUT2D eigenvalue weighted by Gasteiger charge is 2.31. The molecule has 0 bridgehead atoms. The van der Waals surface area contributed by atoms with Crippen LogP contribution in [0.3, 0.4) is 0 Å². The number of rotatable bonds is 10. The van der Waals surface area contributed by atoms with Crippen LogP contribution in [-0.4, -0.2) is 25.3 Å². The van der Waals surface area contributed by atoms with Crippen LogP contribution in [0.5, 0.6) is 0 Å². The van der Waals surface area contributed by atoms with Gasteiger partial charge in [0.15, 0.2) is 0 Å². The van der Waals surface area contributed by atoms with Crippen LogP contribution in [0, 0.1) is 0 Å². The summed E-state index contributed by atoms with van der Waals surface area (Å²) in [5.41, 5.74) is 3.17. The molecule has 1 heterocycles. The van der Waals surface area contributed by atoms with E-state index in [0.29, 0.717) is 18.2 Å². The quantitative estimate of drug-likeness (QED) is 0.412. The predicted molar refractivity (Wildman–Crippen MR) is 132 cm³/mol. The number of nitrogens with zero attached hydrogens (tertiary/aromatic N) is 1. The third kappa shape index (κ3) is 6.24. The fourth-order valence-corrected chi connectivity index (χ4v) is 4.66. The summed E-state index contributed by atoms with van der Waals surface area (Å²) in [5, 5.41) is 0. The molecular formula is C27H30N2O4S. The Hall–Kier alpha value is -3.16. The normalized spacial score (nSPS) is 14.1. The molecule has 178 valence electrons. The summed E-state index contributed by atoms with van der Waals surface area (Å²) in [4.78, 5) is 15.0. The zero-order chi connectivity index (χ0) is 24.1. The lowest BCUT2D eigenvalue weighted by Gasteiger charge is -2.21. The molecule has 0 unspecified atom stereocenters. The average Bonchev–Trinajstić information content (AvgIpc) is 3.54. The summed E-state index contributed by atoms with van der Waals surface area (Å²) in [6, 6.07) is 18.6. The summed E-state index contributed by atoms with van der Waals surface area (Å²) in [6.07, 6.45) is 6.85. The van der Waals surface area contributed by atoms with E-state index in [-0.39, 0.29) is 23.4 Å². The van der Waals surface area contributed by atoms with E-state index in [9.17, 15) is 13.2 Å². The maximum atomic E-state index is 12.9. The monoisotopic (exact) mass is 478 g/mol. The van der Waals surface area contributed by atoms with Crippen molar-refractivity contribution in [3.05, 3.63) is 95.5 Å². The van der Waals surface area contributed by atoms with E-state index in [0.717, 1.165) is 24.0 Å². The summed E-state index contributed by atoms with van der Waals surface area (Å²) < 4.78 is 32.6. The molecule has 1 saturated carbocycles. The van der Waals surface area contributed by atoms with Crippen molar-refractivity contribution in [2.24, 2.45) is 0 Å². The lowest BCUT2D eigenvalue weighted by Crippen LogP contribution is -2.31. The molecule has 0 saturated heterocycles. The van der Waals surface area contributed by atoms with Gasteiger partial charge in [-0.15, -0.1) is 0 Å². The van der Waals surface area contributed by atoms with Gasteiger partial charge in [-0.1, -0.05) is 50.2 Å². The lowest BCUT2D eigenvalue weighted by molar-refractivity contribution is -0.127. The van der Waals surface area contributed by atoms with Crippen molar-refractivity contribution in [2.45, 2.75) is 56.6 Å². The zero-order valence-electron chi connectivity index (χ0n) is 19.5. The Balaban J connectivity index is 1.38. The van der Waals surface area contributed by atoms with Gasteiger partial charge in [0.1, 0.15) is 5.76 Å². The summed E-state index contributed by atoms with van der Waals surface area (Å²) in [5.74, 6) is 0.983. The van der Waals surface area contributed by atoms with Crippen molar-refractivity contribution in [2.75, 3.05) is 0 Å². The van der Waals surface area contributed by atoms with Gasteiger partial charge in [-0.3, -0.25) is 4.79 Å². The maximum Gasteiger partial charge on any atom is 0.247 e. The fourth-order valence-electron chi connectivity index (χ4n) is 3.66. The van der Waals surface area contributed by atoms with Crippen LogP contribution in [0.4, 0.5) is 0 Å². The molecule has 3 aromatic rings. The molecule has 4 rings (SSSR count). The predicted octanol–water partition coefficient (Wildman–Crippen LogP) is 5.09. The lowest BCUT2D eigenvalue weighted by atomic mass is 10.0. The Morgan fingerprint density at radius 3 is 2.38 bits per heavy atom. The van der Waals surface area contributed by atoms with Crippen LogP contribution in [-0.2, 0) is 27.9 Å². The minimum Gasteiger partial charge on any atom is -0.468 e. The van der Waals surface area contributed by atoms with E-state index in [1.165, 1.54) is 24.0 Å². The van der Waals surface area contributed by atoms with Gasteiger partial charge in [-0.25, -0.2) is 13.1 Å². The third-order valence-corrected chi connectivity index (χ3v) is 7.31. The number of nitrogens with one attached hydrogen (secondary N) is 1. The van der Waals surface area contributed by atoms with Crippen molar-refractivity contribution >= 4 is 22.0 Å². The van der Waals surface area contributed by atoms with Gasteiger partial charge < -0.3 is 9.32 Å². The first-order chi connectivity index (χ1) is 16.3. The SMILES string of the molecule is CC(C)c1ccc(CN(C(=O)/C=C/c2ccc(S(=O)(=O)NCc3ccco3)cc2)C2CC2)cc1. The van der Waals surface area contributed by atoms with Gasteiger partial charge in [0, 0.05) is 18.7 Å². The van der Waals surface area contributed by atoms with Crippen molar-refractivity contribution in [1.82, 2.24) is 9.62 Å². The molecule has 1 amide bonds. The maximum absolute atomic E-state index is 12.9. The Bertz CT molecular complexity index is 1220. The highest BCUT2D eigenvalue weighted by atomic mass is 32.2. The topological polar surface area (TPSA) is 79.6 Å². The highest BCUT2D eigenvalue weighted by Crippen LogP contribution is 2.29. The Morgan fingerprint density at radius 1 is 1.09 bits per heavy atom. The van der Waals surface area contributed by atoms with Crippen LogP contribution in [0.1, 0.15) is 55.1 Å². The molecule has 34 heavy (non-hydrogen) atoms. The van der Waals surface area contributed by atoms with Gasteiger partial charge in [-0.2, -0.15) is 0 Å². The second kappa shape index (κ2) is 10.4. The molecule has 1 N–H and O–H groups in total. The van der Waals surface area contributed by atoms with Gasteiger partial charge in [0.2, 0.25) is 15.9 Å².